The van der Waals surface area contributed by atoms with E-state index in [-0.39, 0.29) is 16.9 Å². The van der Waals surface area contributed by atoms with E-state index in [1.54, 1.807) is 30.0 Å². The molecule has 0 aliphatic carbocycles. The van der Waals surface area contributed by atoms with Crippen LogP contribution in [0.2, 0.25) is 0 Å². The number of thioether (sulfide) groups is 1. The Hall–Kier alpha value is -1.93. The molecule has 1 amide bonds. The van der Waals surface area contributed by atoms with Crippen LogP contribution in [0.25, 0.3) is 0 Å². The number of benzene rings is 1. The Morgan fingerprint density at radius 1 is 1.15 bits per heavy atom. The number of nitrogens with one attached hydrogen (secondary N) is 1. The molecular formula is C18H20BrN3O3S. The van der Waals surface area contributed by atoms with Crippen molar-refractivity contribution in [3.8, 4) is 0 Å². The van der Waals surface area contributed by atoms with Gasteiger partial charge in [0.05, 0.1) is 11.3 Å². The molecule has 2 rings (SSSR count). The van der Waals surface area contributed by atoms with Crippen LogP contribution in [0.5, 0.6) is 0 Å². The number of hydrogen-bond donors (Lipinski definition) is 2. The highest BCUT2D eigenvalue weighted by Gasteiger charge is 2.15. The highest BCUT2D eigenvalue weighted by atomic mass is 79.9. The minimum Gasteiger partial charge on any atom is -0.478 e. The van der Waals surface area contributed by atoms with Gasteiger partial charge in [-0.15, -0.1) is 22.0 Å². The van der Waals surface area contributed by atoms with E-state index in [2.05, 4.69) is 38.4 Å². The summed E-state index contributed by atoms with van der Waals surface area (Å²) >= 11 is 4.83. The van der Waals surface area contributed by atoms with Crippen molar-refractivity contribution in [2.24, 2.45) is 0 Å². The number of aromatic carboxylic acids is 1. The van der Waals surface area contributed by atoms with Gasteiger partial charge in [-0.2, -0.15) is 0 Å². The van der Waals surface area contributed by atoms with Crippen molar-refractivity contribution in [1.29, 1.82) is 0 Å². The quantitative estimate of drug-likeness (QED) is 0.429. The lowest BCUT2D eigenvalue weighted by atomic mass is 10.1. The molecule has 1 aromatic carbocycles. The summed E-state index contributed by atoms with van der Waals surface area (Å²) < 4.78 is 0.619. The van der Waals surface area contributed by atoms with Crippen molar-refractivity contribution in [2.75, 3.05) is 11.1 Å². The summed E-state index contributed by atoms with van der Waals surface area (Å²) in [7, 11) is 0. The summed E-state index contributed by atoms with van der Waals surface area (Å²) in [6.45, 7) is 2.18. The van der Waals surface area contributed by atoms with Gasteiger partial charge in [-0.05, 0) is 42.5 Å². The maximum absolute atomic E-state index is 12.3. The number of unbranched alkanes of at least 4 members (excludes halogenated alkanes) is 3. The van der Waals surface area contributed by atoms with Gasteiger partial charge in [0.2, 0.25) is 0 Å². The number of carbonyl (C=O) groups is 2. The largest absolute Gasteiger partial charge is 0.478 e. The second-order valence-electron chi connectivity index (χ2n) is 5.62. The number of carbonyl (C=O) groups excluding carboxylic acids is 1. The Kier molecular flexibility index (Phi) is 8.06. The van der Waals surface area contributed by atoms with E-state index in [1.807, 2.05) is 0 Å². The number of aromatic nitrogens is 2. The fraction of sp³-hybridized carbons (Fsp3) is 0.333. The molecule has 2 N–H and O–H groups in total. The molecule has 26 heavy (non-hydrogen) atoms. The fourth-order valence-electron chi connectivity index (χ4n) is 2.21. The SMILES string of the molecule is CCCCCCSc1ccc(C(=O)Nc2ccc(Br)cc2C(=O)O)nn1. The van der Waals surface area contributed by atoms with Gasteiger partial charge < -0.3 is 10.4 Å². The lowest BCUT2D eigenvalue weighted by Crippen LogP contribution is -2.16. The van der Waals surface area contributed by atoms with Gasteiger partial charge in [-0.1, -0.05) is 42.1 Å². The molecule has 2 aromatic rings. The molecule has 0 saturated heterocycles. The predicted molar refractivity (Wildman–Crippen MR) is 106 cm³/mol. The van der Waals surface area contributed by atoms with Crippen LogP contribution in [0.1, 0.15) is 53.5 Å². The van der Waals surface area contributed by atoms with Crippen molar-refractivity contribution in [2.45, 2.75) is 37.6 Å². The Labute approximate surface area is 164 Å². The second-order valence-corrected chi connectivity index (χ2v) is 7.65. The van der Waals surface area contributed by atoms with Crippen LogP contribution >= 0.6 is 27.7 Å². The number of nitrogens with zero attached hydrogens (tertiary/aromatic N) is 2. The van der Waals surface area contributed by atoms with E-state index in [0.717, 1.165) is 17.2 Å². The third kappa shape index (κ3) is 6.10. The van der Waals surface area contributed by atoms with E-state index in [0.29, 0.717) is 4.47 Å². The van der Waals surface area contributed by atoms with Crippen molar-refractivity contribution in [3.63, 3.8) is 0 Å². The maximum atomic E-state index is 12.3. The molecule has 0 bridgehead atoms. The van der Waals surface area contributed by atoms with E-state index < -0.39 is 11.9 Å². The van der Waals surface area contributed by atoms with Gasteiger partial charge in [0.1, 0.15) is 5.03 Å². The van der Waals surface area contributed by atoms with Crippen LogP contribution < -0.4 is 5.32 Å². The Morgan fingerprint density at radius 2 is 1.96 bits per heavy atom. The molecule has 0 aliphatic rings. The van der Waals surface area contributed by atoms with Crippen LogP contribution in [0.15, 0.2) is 39.8 Å². The zero-order chi connectivity index (χ0) is 18.9. The van der Waals surface area contributed by atoms with Gasteiger partial charge >= 0.3 is 5.97 Å². The van der Waals surface area contributed by atoms with Gasteiger partial charge in [0.15, 0.2) is 5.69 Å². The van der Waals surface area contributed by atoms with Crippen LogP contribution in [0.4, 0.5) is 5.69 Å². The van der Waals surface area contributed by atoms with Gasteiger partial charge in [0.25, 0.3) is 5.91 Å². The number of carboxylic acids is 1. The first-order chi connectivity index (χ1) is 12.5. The molecule has 0 atom stereocenters. The predicted octanol–water partition coefficient (Wildman–Crippen LogP) is 4.86. The van der Waals surface area contributed by atoms with Crippen LogP contribution in [-0.2, 0) is 0 Å². The lowest BCUT2D eigenvalue weighted by Gasteiger charge is -2.08. The molecule has 8 heteroatoms. The average molecular weight is 438 g/mol. The zero-order valence-corrected chi connectivity index (χ0v) is 16.8. The Bertz CT molecular complexity index is 769. The first-order valence-corrected chi connectivity index (χ1v) is 10.1. The molecule has 0 aliphatic heterocycles. The molecule has 0 saturated carbocycles. The summed E-state index contributed by atoms with van der Waals surface area (Å²) in [6, 6.07) is 7.97. The highest BCUT2D eigenvalue weighted by Crippen LogP contribution is 2.22. The smallest absolute Gasteiger partial charge is 0.337 e. The van der Waals surface area contributed by atoms with Crippen LogP contribution in [-0.4, -0.2) is 32.9 Å². The van der Waals surface area contributed by atoms with E-state index in [4.69, 9.17) is 0 Å². The van der Waals surface area contributed by atoms with E-state index in [1.165, 1.54) is 31.4 Å². The average Bonchev–Trinajstić information content (AvgIpc) is 2.63. The van der Waals surface area contributed by atoms with Crippen LogP contribution in [0.3, 0.4) is 0 Å². The summed E-state index contributed by atoms with van der Waals surface area (Å²) in [6.07, 6.45) is 4.77. The molecule has 138 valence electrons. The topological polar surface area (TPSA) is 92.2 Å². The number of carboxylic acid groups (broad SMARTS) is 1. The number of halogens is 1. The standard InChI is InChI=1S/C18H20BrN3O3S/c1-2-3-4-5-10-26-16-9-8-15(21-22-16)17(23)20-14-7-6-12(19)11-13(14)18(24)25/h6-9,11H,2-5,10H2,1H3,(H,20,23)(H,24,25). The summed E-state index contributed by atoms with van der Waals surface area (Å²) in [5.41, 5.74) is 0.349. The summed E-state index contributed by atoms with van der Waals surface area (Å²) in [5, 5.41) is 20.6. The van der Waals surface area contributed by atoms with Crippen LogP contribution in [0, 0.1) is 0 Å². The highest BCUT2D eigenvalue weighted by molar-refractivity contribution is 9.10. The minimum absolute atomic E-state index is 0.0000563. The Morgan fingerprint density at radius 3 is 2.62 bits per heavy atom. The summed E-state index contributed by atoms with van der Waals surface area (Å²) in [5.74, 6) is -0.648. The molecule has 1 aromatic heterocycles. The number of hydrogen-bond acceptors (Lipinski definition) is 5. The molecule has 6 nitrogen and oxygen atoms in total. The normalized spacial score (nSPS) is 10.5. The maximum Gasteiger partial charge on any atom is 0.337 e. The first kappa shape index (κ1) is 20.4. The fourth-order valence-corrected chi connectivity index (χ4v) is 3.39. The Balaban J connectivity index is 1.97. The second kappa shape index (κ2) is 10.3. The van der Waals surface area contributed by atoms with E-state index in [9.17, 15) is 14.7 Å². The van der Waals surface area contributed by atoms with Gasteiger partial charge in [-0.25, -0.2) is 4.79 Å². The van der Waals surface area contributed by atoms with Crippen molar-refractivity contribution < 1.29 is 14.7 Å². The van der Waals surface area contributed by atoms with Gasteiger partial charge in [-0.3, -0.25) is 4.79 Å². The monoisotopic (exact) mass is 437 g/mol. The molecule has 1 heterocycles. The van der Waals surface area contributed by atoms with Crippen molar-refractivity contribution in [1.82, 2.24) is 10.2 Å². The minimum atomic E-state index is -1.12. The number of anilines is 1. The zero-order valence-electron chi connectivity index (χ0n) is 14.4. The number of rotatable bonds is 9. The lowest BCUT2D eigenvalue weighted by molar-refractivity contribution is 0.0698. The third-order valence-corrected chi connectivity index (χ3v) is 5.08. The molecule has 0 unspecified atom stereocenters. The molecule has 0 fully saturated rings. The van der Waals surface area contributed by atoms with E-state index >= 15 is 0 Å². The molecule has 0 spiro atoms. The van der Waals surface area contributed by atoms with Crippen molar-refractivity contribution in [3.05, 3.63) is 46.1 Å². The van der Waals surface area contributed by atoms with Crippen molar-refractivity contribution >= 4 is 45.3 Å². The molecule has 0 radical (unpaired) electrons. The summed E-state index contributed by atoms with van der Waals surface area (Å²) in [4.78, 5) is 23.6. The number of amides is 1. The first-order valence-electron chi connectivity index (χ1n) is 8.32. The van der Waals surface area contributed by atoms with Gasteiger partial charge in [0, 0.05) is 4.47 Å². The molecular weight excluding hydrogens is 418 g/mol. The third-order valence-electron chi connectivity index (χ3n) is 3.58.